The van der Waals surface area contributed by atoms with E-state index in [1.807, 2.05) is 24.0 Å². The molecule has 1 unspecified atom stereocenters. The SMILES string of the molecule is CCCOc1cncc(C(N)CSC(C)C)c1. The standard InChI is InChI=1S/C13H22N2OS/c1-4-5-16-12-6-11(7-15-8-12)13(14)9-17-10(2)3/h6-8,10,13H,4-5,9,14H2,1-3H3. The Labute approximate surface area is 108 Å². The monoisotopic (exact) mass is 254 g/mol. The van der Waals surface area contributed by atoms with Gasteiger partial charge in [-0.15, -0.1) is 0 Å². The maximum absolute atomic E-state index is 6.12. The molecule has 0 aliphatic carbocycles. The number of nitrogens with two attached hydrogens (primary N) is 1. The molecule has 3 nitrogen and oxygen atoms in total. The third-order valence-corrected chi connectivity index (χ3v) is 3.46. The molecule has 1 aromatic heterocycles. The number of thioether (sulfide) groups is 1. The van der Waals surface area contributed by atoms with Gasteiger partial charge in [-0.3, -0.25) is 4.98 Å². The van der Waals surface area contributed by atoms with E-state index in [-0.39, 0.29) is 6.04 Å². The van der Waals surface area contributed by atoms with Crippen molar-refractivity contribution in [3.05, 3.63) is 24.0 Å². The molecule has 0 saturated carbocycles. The Kier molecular flexibility index (Phi) is 6.37. The summed E-state index contributed by atoms with van der Waals surface area (Å²) in [7, 11) is 0. The largest absolute Gasteiger partial charge is 0.492 e. The number of hydrogen-bond donors (Lipinski definition) is 1. The maximum Gasteiger partial charge on any atom is 0.137 e. The third-order valence-electron chi connectivity index (χ3n) is 2.24. The van der Waals surface area contributed by atoms with Crippen molar-refractivity contribution in [2.45, 2.75) is 38.5 Å². The predicted octanol–water partition coefficient (Wildman–Crippen LogP) is 3.01. The minimum absolute atomic E-state index is 0.0278. The Bertz CT molecular complexity index is 331. The van der Waals surface area contributed by atoms with Gasteiger partial charge in [0.2, 0.25) is 0 Å². The smallest absolute Gasteiger partial charge is 0.137 e. The molecule has 2 N–H and O–H groups in total. The Morgan fingerprint density at radius 1 is 1.41 bits per heavy atom. The summed E-state index contributed by atoms with van der Waals surface area (Å²) in [5.41, 5.74) is 7.17. The molecule has 1 atom stereocenters. The zero-order chi connectivity index (χ0) is 12.7. The molecule has 0 aliphatic rings. The van der Waals surface area contributed by atoms with Gasteiger partial charge < -0.3 is 10.5 Å². The van der Waals surface area contributed by atoms with Gasteiger partial charge in [0.1, 0.15) is 5.75 Å². The summed E-state index contributed by atoms with van der Waals surface area (Å²) >= 11 is 1.86. The van der Waals surface area contributed by atoms with Crippen LogP contribution in [-0.4, -0.2) is 22.6 Å². The van der Waals surface area contributed by atoms with Crippen LogP contribution in [0.2, 0.25) is 0 Å². The van der Waals surface area contributed by atoms with E-state index in [1.165, 1.54) is 0 Å². The van der Waals surface area contributed by atoms with Crippen LogP contribution in [0.25, 0.3) is 0 Å². The topological polar surface area (TPSA) is 48.1 Å². The van der Waals surface area contributed by atoms with Crippen LogP contribution in [0, 0.1) is 0 Å². The van der Waals surface area contributed by atoms with E-state index in [2.05, 4.69) is 25.8 Å². The lowest BCUT2D eigenvalue weighted by Crippen LogP contribution is -2.14. The summed E-state index contributed by atoms with van der Waals surface area (Å²) in [5, 5.41) is 0.605. The van der Waals surface area contributed by atoms with Gasteiger partial charge in [-0.2, -0.15) is 11.8 Å². The first-order valence-electron chi connectivity index (χ1n) is 6.08. The minimum Gasteiger partial charge on any atom is -0.492 e. The van der Waals surface area contributed by atoms with Gasteiger partial charge in [0, 0.05) is 18.0 Å². The Morgan fingerprint density at radius 2 is 2.18 bits per heavy atom. The van der Waals surface area contributed by atoms with Crippen molar-refractivity contribution in [2.24, 2.45) is 5.73 Å². The van der Waals surface area contributed by atoms with E-state index >= 15 is 0 Å². The lowest BCUT2D eigenvalue weighted by molar-refractivity contribution is 0.315. The number of nitrogens with zero attached hydrogens (tertiary/aromatic N) is 1. The Hall–Kier alpha value is -0.740. The molecule has 0 saturated heterocycles. The van der Waals surface area contributed by atoms with Gasteiger partial charge in [0.05, 0.1) is 12.8 Å². The van der Waals surface area contributed by atoms with Crippen LogP contribution >= 0.6 is 11.8 Å². The number of rotatable bonds is 7. The van der Waals surface area contributed by atoms with E-state index in [9.17, 15) is 0 Å². The van der Waals surface area contributed by atoms with Gasteiger partial charge in [0.25, 0.3) is 0 Å². The predicted molar refractivity (Wildman–Crippen MR) is 74.5 cm³/mol. The molecule has 17 heavy (non-hydrogen) atoms. The molecule has 1 aromatic rings. The molecule has 0 radical (unpaired) electrons. The van der Waals surface area contributed by atoms with Crippen LogP contribution in [0.5, 0.6) is 5.75 Å². The van der Waals surface area contributed by atoms with Gasteiger partial charge in [0.15, 0.2) is 0 Å². The fourth-order valence-corrected chi connectivity index (χ4v) is 2.11. The maximum atomic E-state index is 6.12. The van der Waals surface area contributed by atoms with Crippen LogP contribution in [0.3, 0.4) is 0 Å². The molecule has 0 spiro atoms. The van der Waals surface area contributed by atoms with E-state index in [4.69, 9.17) is 10.5 Å². The molecule has 0 aliphatic heterocycles. The lowest BCUT2D eigenvalue weighted by atomic mass is 10.1. The number of hydrogen-bond acceptors (Lipinski definition) is 4. The highest BCUT2D eigenvalue weighted by atomic mass is 32.2. The molecule has 0 fully saturated rings. The molecule has 4 heteroatoms. The van der Waals surface area contributed by atoms with E-state index in [0.29, 0.717) is 5.25 Å². The van der Waals surface area contributed by atoms with Crippen molar-refractivity contribution in [1.82, 2.24) is 4.98 Å². The summed E-state index contributed by atoms with van der Waals surface area (Å²) in [4.78, 5) is 4.17. The number of pyridine rings is 1. The van der Waals surface area contributed by atoms with Gasteiger partial charge in [-0.05, 0) is 23.3 Å². The summed E-state index contributed by atoms with van der Waals surface area (Å²) in [6.07, 6.45) is 4.56. The number of ether oxygens (including phenoxy) is 1. The van der Waals surface area contributed by atoms with Crippen molar-refractivity contribution >= 4 is 11.8 Å². The molecule has 1 heterocycles. The lowest BCUT2D eigenvalue weighted by Gasteiger charge is -2.14. The Morgan fingerprint density at radius 3 is 2.82 bits per heavy atom. The number of aromatic nitrogens is 1. The third kappa shape index (κ3) is 5.41. The molecular weight excluding hydrogens is 232 g/mol. The molecule has 1 rings (SSSR count). The summed E-state index contributed by atoms with van der Waals surface area (Å²) in [6, 6.07) is 2.02. The summed E-state index contributed by atoms with van der Waals surface area (Å²) in [6.45, 7) is 7.16. The van der Waals surface area contributed by atoms with Crippen molar-refractivity contribution in [2.75, 3.05) is 12.4 Å². The van der Waals surface area contributed by atoms with Crippen molar-refractivity contribution in [3.8, 4) is 5.75 Å². The van der Waals surface area contributed by atoms with Crippen molar-refractivity contribution in [3.63, 3.8) is 0 Å². The van der Waals surface area contributed by atoms with E-state index in [0.717, 1.165) is 30.1 Å². The van der Waals surface area contributed by atoms with Crippen LogP contribution in [0.1, 0.15) is 38.8 Å². The van der Waals surface area contributed by atoms with E-state index in [1.54, 1.807) is 6.20 Å². The highest BCUT2D eigenvalue weighted by Crippen LogP contribution is 2.21. The second-order valence-corrected chi connectivity index (χ2v) is 5.90. The zero-order valence-electron chi connectivity index (χ0n) is 10.8. The molecule has 0 amide bonds. The second-order valence-electron chi connectivity index (χ2n) is 4.29. The van der Waals surface area contributed by atoms with Gasteiger partial charge in [-0.1, -0.05) is 20.8 Å². The highest BCUT2D eigenvalue weighted by molar-refractivity contribution is 7.99. The first-order valence-corrected chi connectivity index (χ1v) is 7.13. The summed E-state index contributed by atoms with van der Waals surface area (Å²) in [5.74, 6) is 1.73. The quantitative estimate of drug-likeness (QED) is 0.812. The summed E-state index contributed by atoms with van der Waals surface area (Å²) < 4.78 is 5.55. The normalized spacial score (nSPS) is 12.8. The fourth-order valence-electron chi connectivity index (χ4n) is 1.33. The van der Waals surface area contributed by atoms with Crippen molar-refractivity contribution < 1.29 is 4.74 Å². The van der Waals surface area contributed by atoms with Crippen LogP contribution in [0.4, 0.5) is 0 Å². The second kappa shape index (κ2) is 7.56. The first-order chi connectivity index (χ1) is 8.13. The van der Waals surface area contributed by atoms with Crippen molar-refractivity contribution in [1.29, 1.82) is 0 Å². The van der Waals surface area contributed by atoms with Gasteiger partial charge in [-0.25, -0.2) is 0 Å². The van der Waals surface area contributed by atoms with Gasteiger partial charge >= 0.3 is 0 Å². The highest BCUT2D eigenvalue weighted by Gasteiger charge is 2.09. The molecular formula is C13H22N2OS. The zero-order valence-corrected chi connectivity index (χ0v) is 11.7. The van der Waals surface area contributed by atoms with E-state index < -0.39 is 0 Å². The molecule has 0 aromatic carbocycles. The molecule has 0 bridgehead atoms. The van der Waals surface area contributed by atoms with Crippen LogP contribution < -0.4 is 10.5 Å². The van der Waals surface area contributed by atoms with Crippen LogP contribution in [0.15, 0.2) is 18.5 Å². The fraction of sp³-hybridized carbons (Fsp3) is 0.615. The minimum atomic E-state index is 0.0278. The Balaban J connectivity index is 2.57. The average Bonchev–Trinajstić information content (AvgIpc) is 2.33. The molecule has 96 valence electrons. The first kappa shape index (κ1) is 14.3. The average molecular weight is 254 g/mol. The van der Waals surface area contributed by atoms with Crippen LogP contribution in [-0.2, 0) is 0 Å².